The van der Waals surface area contributed by atoms with Gasteiger partial charge in [0.15, 0.2) is 0 Å². The van der Waals surface area contributed by atoms with E-state index in [0.717, 1.165) is 12.8 Å². The summed E-state index contributed by atoms with van der Waals surface area (Å²) in [6.07, 6.45) is 4.26. The minimum atomic E-state index is -1.10. The van der Waals surface area contributed by atoms with E-state index in [4.69, 9.17) is 5.11 Å². The molecule has 2 amide bonds. The lowest BCUT2D eigenvalue weighted by Crippen LogP contribution is -2.40. The molecule has 0 aliphatic carbocycles. The van der Waals surface area contributed by atoms with Crippen molar-refractivity contribution < 1.29 is 24.3 Å². The normalized spacial score (nSPS) is 11.5. The molecular weight excluding hydrogens is 475 g/mol. The van der Waals surface area contributed by atoms with Crippen molar-refractivity contribution in [2.45, 2.75) is 57.4 Å². The first-order valence-electron chi connectivity index (χ1n) is 9.39. The molecule has 0 heterocycles. The Labute approximate surface area is 178 Å². The molecule has 154 valence electrons. The van der Waals surface area contributed by atoms with Gasteiger partial charge in [0.25, 0.3) is 0 Å². The van der Waals surface area contributed by atoms with E-state index >= 15 is 0 Å². The van der Waals surface area contributed by atoms with Gasteiger partial charge in [-0.05, 0) is 72.4 Å². The summed E-state index contributed by atoms with van der Waals surface area (Å²) in [7, 11) is 0. The molecule has 0 aliphatic rings. The molecule has 0 aromatic heterocycles. The average Bonchev–Trinajstić information content (AvgIpc) is 2.66. The quantitative estimate of drug-likeness (QED) is 0.206. The van der Waals surface area contributed by atoms with Gasteiger partial charge in [0.05, 0.1) is 0 Å². The molecule has 0 fully saturated rings. The van der Waals surface area contributed by atoms with E-state index in [9.17, 15) is 19.2 Å². The Kier molecular flexibility index (Phi) is 12.1. The van der Waals surface area contributed by atoms with Crippen LogP contribution in [0.2, 0.25) is 0 Å². The van der Waals surface area contributed by atoms with E-state index < -0.39 is 17.9 Å². The highest BCUT2D eigenvalue weighted by Gasteiger charge is 2.19. The fourth-order valence-electron chi connectivity index (χ4n) is 2.61. The zero-order valence-corrected chi connectivity index (χ0v) is 17.9. The summed E-state index contributed by atoms with van der Waals surface area (Å²) >= 11 is 2.25. The van der Waals surface area contributed by atoms with Crippen LogP contribution in [0.3, 0.4) is 0 Å². The lowest BCUT2D eigenvalue weighted by molar-refractivity contribution is -0.142. The lowest BCUT2D eigenvalue weighted by atomic mass is 10.1. The fourth-order valence-corrected chi connectivity index (χ4v) is 2.97. The maximum Gasteiger partial charge on any atom is 0.326 e. The molecular formula is C20H27IN2O5. The highest BCUT2D eigenvalue weighted by molar-refractivity contribution is 14.1. The number of carboxylic acids is 1. The van der Waals surface area contributed by atoms with Crippen LogP contribution in [-0.4, -0.2) is 41.8 Å². The summed E-state index contributed by atoms with van der Waals surface area (Å²) in [5, 5.41) is 14.4. The number of rotatable bonds is 14. The third kappa shape index (κ3) is 11.0. The van der Waals surface area contributed by atoms with Gasteiger partial charge < -0.3 is 20.5 Å². The Hall–Kier alpha value is -1.97. The van der Waals surface area contributed by atoms with Crippen LogP contribution in [0.15, 0.2) is 24.3 Å². The van der Waals surface area contributed by atoms with Crippen LogP contribution in [0.25, 0.3) is 0 Å². The molecule has 0 saturated heterocycles. The van der Waals surface area contributed by atoms with Gasteiger partial charge in [-0.25, -0.2) is 4.79 Å². The zero-order chi connectivity index (χ0) is 20.8. The molecule has 0 bridgehead atoms. The number of aldehydes is 1. The number of nitrogens with one attached hydrogen (secondary N) is 2. The summed E-state index contributed by atoms with van der Waals surface area (Å²) in [5.74, 6) is -1.55. The second-order valence-electron chi connectivity index (χ2n) is 6.49. The summed E-state index contributed by atoms with van der Waals surface area (Å²) in [4.78, 5) is 44.8. The third-order valence-electron chi connectivity index (χ3n) is 4.15. The van der Waals surface area contributed by atoms with Crippen LogP contribution >= 0.6 is 22.6 Å². The fraction of sp³-hybridized carbons (Fsp3) is 0.500. The van der Waals surface area contributed by atoms with Crippen molar-refractivity contribution in [3.63, 3.8) is 0 Å². The van der Waals surface area contributed by atoms with Gasteiger partial charge in [0, 0.05) is 29.4 Å². The molecule has 1 unspecified atom stereocenters. The number of hydrogen-bond donors (Lipinski definition) is 3. The number of unbranched alkanes of at least 4 members (excludes halogenated alkanes) is 1. The van der Waals surface area contributed by atoms with Crippen molar-refractivity contribution in [3.05, 3.63) is 33.4 Å². The third-order valence-corrected chi connectivity index (χ3v) is 4.87. The second-order valence-corrected chi connectivity index (χ2v) is 7.74. The summed E-state index contributed by atoms with van der Waals surface area (Å²) in [6, 6.07) is 7.26. The number of hydrogen-bond acceptors (Lipinski definition) is 4. The summed E-state index contributed by atoms with van der Waals surface area (Å²) in [6.45, 7) is 0.480. The van der Waals surface area contributed by atoms with Gasteiger partial charge in [-0.15, -0.1) is 0 Å². The van der Waals surface area contributed by atoms with Gasteiger partial charge in [-0.3, -0.25) is 9.59 Å². The predicted molar refractivity (Wildman–Crippen MR) is 114 cm³/mol. The maximum atomic E-state index is 11.8. The van der Waals surface area contributed by atoms with E-state index in [1.807, 2.05) is 12.1 Å². The molecule has 1 rings (SSSR count). The lowest BCUT2D eigenvalue weighted by Gasteiger charge is -2.14. The minimum absolute atomic E-state index is 0.00838. The summed E-state index contributed by atoms with van der Waals surface area (Å²) in [5.41, 5.74) is 1.21. The van der Waals surface area contributed by atoms with Gasteiger partial charge in [0.2, 0.25) is 11.8 Å². The molecule has 0 radical (unpaired) electrons. The van der Waals surface area contributed by atoms with Crippen LogP contribution in [-0.2, 0) is 25.6 Å². The van der Waals surface area contributed by atoms with Crippen molar-refractivity contribution in [2.75, 3.05) is 6.54 Å². The molecule has 3 N–H and O–H groups in total. The first-order valence-corrected chi connectivity index (χ1v) is 10.5. The van der Waals surface area contributed by atoms with Crippen molar-refractivity contribution in [2.24, 2.45) is 0 Å². The van der Waals surface area contributed by atoms with E-state index in [2.05, 4.69) is 45.4 Å². The number of carbonyl (C=O) groups excluding carboxylic acids is 3. The molecule has 8 heteroatoms. The van der Waals surface area contributed by atoms with E-state index in [-0.39, 0.29) is 25.2 Å². The molecule has 0 aliphatic heterocycles. The number of amides is 2. The Morgan fingerprint density at radius 2 is 1.75 bits per heavy atom. The van der Waals surface area contributed by atoms with E-state index in [0.29, 0.717) is 32.1 Å². The minimum Gasteiger partial charge on any atom is -0.480 e. The van der Waals surface area contributed by atoms with Gasteiger partial charge in [0.1, 0.15) is 12.3 Å². The number of halogens is 1. The van der Waals surface area contributed by atoms with Crippen molar-refractivity contribution in [3.8, 4) is 0 Å². The highest BCUT2D eigenvalue weighted by atomic mass is 127. The Morgan fingerprint density at radius 1 is 1.04 bits per heavy atom. The standard InChI is InChI=1S/C20H27IN2O5/c21-16-11-9-15(10-12-16)5-3-7-18(25)22-13-2-1-6-17(20(27)28)23-19(26)8-4-14-24/h9-12,14,17H,1-8,13H2,(H,22,25)(H,23,26)(H,27,28). The monoisotopic (exact) mass is 502 g/mol. The molecule has 1 aromatic carbocycles. The van der Waals surface area contributed by atoms with Crippen LogP contribution in [0.4, 0.5) is 0 Å². The molecule has 0 saturated carbocycles. The maximum absolute atomic E-state index is 11.8. The van der Waals surface area contributed by atoms with Crippen LogP contribution in [0.1, 0.15) is 50.5 Å². The molecule has 1 atom stereocenters. The topological polar surface area (TPSA) is 113 Å². The highest BCUT2D eigenvalue weighted by Crippen LogP contribution is 2.09. The van der Waals surface area contributed by atoms with Gasteiger partial charge >= 0.3 is 5.97 Å². The zero-order valence-electron chi connectivity index (χ0n) is 15.8. The molecule has 7 nitrogen and oxygen atoms in total. The Bertz CT molecular complexity index is 649. The number of aryl methyl sites for hydroxylation is 1. The number of carbonyl (C=O) groups is 4. The van der Waals surface area contributed by atoms with Gasteiger partial charge in [-0.1, -0.05) is 12.1 Å². The van der Waals surface area contributed by atoms with Crippen LogP contribution in [0.5, 0.6) is 0 Å². The van der Waals surface area contributed by atoms with E-state index in [1.54, 1.807) is 0 Å². The molecule has 0 spiro atoms. The molecule has 28 heavy (non-hydrogen) atoms. The van der Waals surface area contributed by atoms with Gasteiger partial charge in [-0.2, -0.15) is 0 Å². The first-order chi connectivity index (χ1) is 13.4. The number of benzene rings is 1. The largest absolute Gasteiger partial charge is 0.480 e. The SMILES string of the molecule is O=CCCC(=O)NC(CCCCNC(=O)CCCc1ccc(I)cc1)C(=O)O. The van der Waals surface area contributed by atoms with Crippen molar-refractivity contribution in [1.82, 2.24) is 10.6 Å². The van der Waals surface area contributed by atoms with Crippen LogP contribution in [0, 0.1) is 3.57 Å². The van der Waals surface area contributed by atoms with Crippen molar-refractivity contribution in [1.29, 1.82) is 0 Å². The van der Waals surface area contributed by atoms with Crippen molar-refractivity contribution >= 4 is 46.7 Å². The number of aliphatic carboxylic acids is 1. The summed E-state index contributed by atoms with van der Waals surface area (Å²) < 4.78 is 1.18. The smallest absolute Gasteiger partial charge is 0.326 e. The first kappa shape index (κ1) is 24.1. The average molecular weight is 502 g/mol. The number of carboxylic acid groups (broad SMARTS) is 1. The Morgan fingerprint density at radius 3 is 2.39 bits per heavy atom. The van der Waals surface area contributed by atoms with E-state index in [1.165, 1.54) is 9.13 Å². The second kappa shape index (κ2) is 14.1. The Balaban J connectivity index is 2.14. The predicted octanol–water partition coefficient (Wildman–Crippen LogP) is 2.45. The molecule has 1 aromatic rings. The van der Waals surface area contributed by atoms with Crippen LogP contribution < -0.4 is 10.6 Å².